The molecule has 2 N–H and O–H groups in total. The summed E-state index contributed by atoms with van der Waals surface area (Å²) in [5.74, 6) is -0.319. The van der Waals surface area contributed by atoms with E-state index in [2.05, 4.69) is 15.4 Å². The van der Waals surface area contributed by atoms with Gasteiger partial charge in [0.05, 0.1) is 0 Å². The van der Waals surface area contributed by atoms with Crippen LogP contribution < -0.4 is 15.4 Å². The first-order valence-corrected chi connectivity index (χ1v) is 6.22. The van der Waals surface area contributed by atoms with Crippen LogP contribution in [0.5, 0.6) is 5.75 Å². The monoisotopic (exact) mass is 288 g/mol. The molecule has 2 rings (SSSR count). The summed E-state index contributed by atoms with van der Waals surface area (Å²) >= 11 is 0. The van der Waals surface area contributed by atoms with Crippen molar-refractivity contribution in [3.05, 3.63) is 29.8 Å². The quantitative estimate of drug-likeness (QED) is 0.893. The number of ether oxygens (including phenoxy) is 1. The van der Waals surface area contributed by atoms with Crippen LogP contribution in [0.1, 0.15) is 17.3 Å². The molecule has 0 aliphatic carbocycles. The molecule has 0 saturated carbocycles. The van der Waals surface area contributed by atoms with Crippen LogP contribution >= 0.6 is 0 Å². The maximum atomic E-state index is 12.0. The van der Waals surface area contributed by atoms with Gasteiger partial charge in [0.2, 0.25) is 0 Å². The number of nitrogens with one attached hydrogen (secondary N) is 2. The molecule has 1 saturated heterocycles. The molecule has 1 heterocycles. The van der Waals surface area contributed by atoms with Crippen LogP contribution in [0.15, 0.2) is 24.3 Å². The number of benzene rings is 1. The van der Waals surface area contributed by atoms with Gasteiger partial charge in [-0.3, -0.25) is 4.79 Å². The van der Waals surface area contributed by atoms with Crippen LogP contribution in [0.25, 0.3) is 0 Å². The Bertz CT molecular complexity index is 473. The van der Waals surface area contributed by atoms with Crippen molar-refractivity contribution in [2.24, 2.45) is 5.92 Å². The third kappa shape index (κ3) is 3.86. The fourth-order valence-corrected chi connectivity index (χ4v) is 2.06. The Kier molecular flexibility index (Phi) is 4.17. The van der Waals surface area contributed by atoms with E-state index in [1.807, 2.05) is 6.92 Å². The predicted molar refractivity (Wildman–Crippen MR) is 66.4 cm³/mol. The van der Waals surface area contributed by atoms with Crippen LogP contribution in [0.3, 0.4) is 0 Å². The molecule has 20 heavy (non-hydrogen) atoms. The van der Waals surface area contributed by atoms with Gasteiger partial charge in [-0.15, -0.1) is 13.2 Å². The summed E-state index contributed by atoms with van der Waals surface area (Å²) in [7, 11) is 0. The molecular formula is C13H15F3N2O2. The van der Waals surface area contributed by atoms with E-state index in [0.717, 1.165) is 18.7 Å². The van der Waals surface area contributed by atoms with Gasteiger partial charge in [0.1, 0.15) is 5.75 Å². The lowest BCUT2D eigenvalue weighted by Crippen LogP contribution is -2.39. The van der Waals surface area contributed by atoms with Gasteiger partial charge in [-0.25, -0.2) is 0 Å². The summed E-state index contributed by atoms with van der Waals surface area (Å²) in [6.07, 6.45) is -4.73. The zero-order chi connectivity index (χ0) is 14.8. The highest BCUT2D eigenvalue weighted by Crippen LogP contribution is 2.22. The highest BCUT2D eigenvalue weighted by molar-refractivity contribution is 5.94. The third-order valence-corrected chi connectivity index (χ3v) is 3.18. The molecule has 1 aliphatic heterocycles. The van der Waals surface area contributed by atoms with Crippen LogP contribution in [0.4, 0.5) is 13.2 Å². The lowest BCUT2D eigenvalue weighted by atomic mass is 10.1. The number of rotatable bonds is 3. The molecule has 0 aromatic heterocycles. The second-order valence-electron chi connectivity index (χ2n) is 4.79. The molecular weight excluding hydrogens is 273 g/mol. The molecule has 1 aliphatic rings. The predicted octanol–water partition coefficient (Wildman–Crippen LogP) is 1.92. The minimum absolute atomic E-state index is 0.0357. The van der Waals surface area contributed by atoms with E-state index in [4.69, 9.17) is 0 Å². The molecule has 4 nitrogen and oxygen atoms in total. The molecule has 110 valence electrons. The largest absolute Gasteiger partial charge is 0.573 e. The van der Waals surface area contributed by atoms with Crippen molar-refractivity contribution in [2.75, 3.05) is 13.1 Å². The minimum Gasteiger partial charge on any atom is -0.406 e. The van der Waals surface area contributed by atoms with Crippen molar-refractivity contribution >= 4 is 5.91 Å². The van der Waals surface area contributed by atoms with Crippen molar-refractivity contribution < 1.29 is 22.7 Å². The fourth-order valence-electron chi connectivity index (χ4n) is 2.06. The van der Waals surface area contributed by atoms with Gasteiger partial charge >= 0.3 is 6.36 Å². The zero-order valence-electron chi connectivity index (χ0n) is 10.8. The highest BCUT2D eigenvalue weighted by atomic mass is 19.4. The summed E-state index contributed by atoms with van der Waals surface area (Å²) in [5.41, 5.74) is 0.304. The molecule has 1 aromatic carbocycles. The average molecular weight is 288 g/mol. The number of hydrogen-bond acceptors (Lipinski definition) is 3. The second-order valence-corrected chi connectivity index (χ2v) is 4.79. The summed E-state index contributed by atoms with van der Waals surface area (Å²) in [6, 6.07) is 4.90. The molecule has 1 fully saturated rings. The van der Waals surface area contributed by atoms with Crippen molar-refractivity contribution in [1.82, 2.24) is 10.6 Å². The summed E-state index contributed by atoms with van der Waals surface area (Å²) < 4.78 is 39.8. The lowest BCUT2D eigenvalue weighted by molar-refractivity contribution is -0.274. The number of carbonyl (C=O) groups excluding carboxylic acids is 1. The van der Waals surface area contributed by atoms with Crippen molar-refractivity contribution in [1.29, 1.82) is 0 Å². The number of halogens is 3. The first kappa shape index (κ1) is 14.6. The molecule has 0 radical (unpaired) electrons. The van der Waals surface area contributed by atoms with Crippen molar-refractivity contribution in [3.63, 3.8) is 0 Å². The van der Waals surface area contributed by atoms with E-state index in [0.29, 0.717) is 18.0 Å². The first-order chi connectivity index (χ1) is 9.35. The number of carbonyl (C=O) groups is 1. The van der Waals surface area contributed by atoms with Gasteiger partial charge in [-0.1, -0.05) is 6.92 Å². The van der Waals surface area contributed by atoms with Gasteiger partial charge in [0.15, 0.2) is 0 Å². The Balaban J connectivity index is 1.97. The number of hydrogen-bond donors (Lipinski definition) is 2. The molecule has 1 aromatic rings. The van der Waals surface area contributed by atoms with E-state index >= 15 is 0 Å². The standard InChI is InChI=1S/C13H15F3N2O2/c1-8-6-17-7-11(8)18-12(19)9-2-4-10(5-3-9)20-13(14,15)16/h2-5,8,11,17H,6-7H2,1H3,(H,18,19). The lowest BCUT2D eigenvalue weighted by Gasteiger charge is -2.16. The average Bonchev–Trinajstić information content (AvgIpc) is 2.74. The SMILES string of the molecule is CC1CNCC1NC(=O)c1ccc(OC(F)(F)F)cc1. The molecule has 1 amide bonds. The van der Waals surface area contributed by atoms with Crippen LogP contribution in [0, 0.1) is 5.92 Å². The minimum atomic E-state index is -4.73. The maximum absolute atomic E-state index is 12.0. The van der Waals surface area contributed by atoms with Gasteiger partial charge in [0, 0.05) is 18.2 Å². The van der Waals surface area contributed by atoms with Gasteiger partial charge in [0.25, 0.3) is 5.91 Å². The first-order valence-electron chi connectivity index (χ1n) is 6.22. The van der Waals surface area contributed by atoms with Crippen molar-refractivity contribution in [3.8, 4) is 5.75 Å². The van der Waals surface area contributed by atoms with Crippen LogP contribution in [0.2, 0.25) is 0 Å². The summed E-state index contributed by atoms with van der Waals surface area (Å²) in [6.45, 7) is 3.55. The summed E-state index contributed by atoms with van der Waals surface area (Å²) in [5, 5.41) is 6.00. The molecule has 2 unspecified atom stereocenters. The Morgan fingerprint density at radius 2 is 1.95 bits per heavy atom. The smallest absolute Gasteiger partial charge is 0.406 e. The Hall–Kier alpha value is -1.76. The molecule has 0 bridgehead atoms. The van der Waals surface area contributed by atoms with Crippen LogP contribution in [-0.2, 0) is 0 Å². The van der Waals surface area contributed by atoms with E-state index in [9.17, 15) is 18.0 Å². The molecule has 7 heteroatoms. The number of alkyl halides is 3. The van der Waals surface area contributed by atoms with Crippen molar-refractivity contribution in [2.45, 2.75) is 19.3 Å². The van der Waals surface area contributed by atoms with E-state index in [1.165, 1.54) is 12.1 Å². The molecule has 0 spiro atoms. The zero-order valence-corrected chi connectivity index (χ0v) is 10.8. The van der Waals surface area contributed by atoms with Gasteiger partial charge in [-0.2, -0.15) is 0 Å². The Morgan fingerprint density at radius 1 is 1.30 bits per heavy atom. The van der Waals surface area contributed by atoms with Gasteiger partial charge < -0.3 is 15.4 Å². The highest BCUT2D eigenvalue weighted by Gasteiger charge is 2.31. The fraction of sp³-hybridized carbons (Fsp3) is 0.462. The third-order valence-electron chi connectivity index (χ3n) is 3.18. The van der Waals surface area contributed by atoms with E-state index < -0.39 is 6.36 Å². The summed E-state index contributed by atoms with van der Waals surface area (Å²) in [4.78, 5) is 11.9. The Labute approximate surface area is 114 Å². The topological polar surface area (TPSA) is 50.4 Å². The van der Waals surface area contributed by atoms with Crippen LogP contribution in [-0.4, -0.2) is 31.4 Å². The Morgan fingerprint density at radius 3 is 2.45 bits per heavy atom. The maximum Gasteiger partial charge on any atom is 0.573 e. The van der Waals surface area contributed by atoms with E-state index in [1.54, 1.807) is 0 Å². The van der Waals surface area contributed by atoms with E-state index in [-0.39, 0.29) is 17.7 Å². The second kappa shape index (κ2) is 5.70. The normalized spacial score (nSPS) is 22.6. The number of amides is 1. The van der Waals surface area contributed by atoms with Gasteiger partial charge in [-0.05, 0) is 36.7 Å². The molecule has 2 atom stereocenters.